The lowest BCUT2D eigenvalue weighted by atomic mass is 10.0. The zero-order chi connectivity index (χ0) is 20.9. The first kappa shape index (κ1) is 20.0. The van der Waals surface area contributed by atoms with Crippen LogP contribution in [0.25, 0.3) is 0 Å². The molecule has 1 aliphatic rings. The van der Waals surface area contributed by atoms with Gasteiger partial charge in [-0.1, -0.05) is 47.0 Å². The normalized spacial score (nSPS) is 14.0. The highest BCUT2D eigenvalue weighted by Crippen LogP contribution is 2.36. The number of methoxy groups -OCH3 is 1. The number of hydrogen-bond donors (Lipinski definition) is 1. The summed E-state index contributed by atoms with van der Waals surface area (Å²) in [7, 11) is 1.61. The lowest BCUT2D eigenvalue weighted by molar-refractivity contribution is -0.126. The van der Waals surface area contributed by atoms with Crippen molar-refractivity contribution >= 4 is 23.3 Å². The Morgan fingerprint density at radius 2 is 1.90 bits per heavy atom. The van der Waals surface area contributed by atoms with Crippen molar-refractivity contribution in [2.45, 2.75) is 31.5 Å². The Morgan fingerprint density at radius 3 is 2.50 bits per heavy atom. The molecule has 0 unspecified atom stereocenters. The molecule has 1 fully saturated rings. The highest BCUT2D eigenvalue weighted by atomic mass is 32.1. The van der Waals surface area contributed by atoms with Gasteiger partial charge in [0.25, 0.3) is 5.91 Å². The summed E-state index contributed by atoms with van der Waals surface area (Å²) in [4.78, 5) is 28.2. The maximum absolute atomic E-state index is 13.3. The van der Waals surface area contributed by atoms with Gasteiger partial charge in [0.2, 0.25) is 5.91 Å². The van der Waals surface area contributed by atoms with Gasteiger partial charge < -0.3 is 15.0 Å². The Kier molecular flexibility index (Phi) is 6.04. The largest absolute Gasteiger partial charge is 0.497 e. The maximum Gasteiger partial charge on any atom is 0.276 e. The fourth-order valence-corrected chi connectivity index (χ4v) is 3.77. The van der Waals surface area contributed by atoms with Crippen LogP contribution < -0.4 is 10.1 Å². The Bertz CT molecular complexity index is 989. The van der Waals surface area contributed by atoms with Crippen LogP contribution >= 0.6 is 11.5 Å². The molecule has 1 aromatic heterocycles. The third-order valence-corrected chi connectivity index (χ3v) is 5.53. The maximum atomic E-state index is 13.3. The SMILES string of the molecule is COc1ccc(CNC(=O)[C@H](c2ccccc2)N(C(=O)c2csnn2)C2CC2)cc1. The topological polar surface area (TPSA) is 84.4 Å². The summed E-state index contributed by atoms with van der Waals surface area (Å²) in [5.74, 6) is 0.273. The van der Waals surface area contributed by atoms with E-state index < -0.39 is 6.04 Å². The molecule has 30 heavy (non-hydrogen) atoms. The van der Waals surface area contributed by atoms with Crippen molar-refractivity contribution in [3.8, 4) is 5.75 Å². The molecule has 0 saturated heterocycles. The third kappa shape index (κ3) is 4.49. The monoisotopic (exact) mass is 422 g/mol. The van der Waals surface area contributed by atoms with E-state index in [0.29, 0.717) is 6.54 Å². The molecule has 0 aliphatic heterocycles. The van der Waals surface area contributed by atoms with Gasteiger partial charge in [0.1, 0.15) is 11.8 Å². The van der Waals surface area contributed by atoms with Crippen LogP contribution in [0.4, 0.5) is 0 Å². The van der Waals surface area contributed by atoms with E-state index in [4.69, 9.17) is 4.74 Å². The van der Waals surface area contributed by atoms with Gasteiger partial charge in [-0.25, -0.2) is 0 Å². The molecular weight excluding hydrogens is 400 g/mol. The first-order valence-corrected chi connectivity index (χ1v) is 10.6. The number of nitrogens with one attached hydrogen (secondary N) is 1. The van der Waals surface area contributed by atoms with Crippen molar-refractivity contribution in [1.82, 2.24) is 19.8 Å². The van der Waals surface area contributed by atoms with Crippen LogP contribution in [0.5, 0.6) is 5.75 Å². The summed E-state index contributed by atoms with van der Waals surface area (Å²) >= 11 is 1.12. The fourth-order valence-electron chi connectivity index (χ4n) is 3.34. The summed E-state index contributed by atoms with van der Waals surface area (Å²) in [6, 6.07) is 16.2. The zero-order valence-corrected chi connectivity index (χ0v) is 17.3. The van der Waals surface area contributed by atoms with Crippen molar-refractivity contribution in [2.24, 2.45) is 0 Å². The lowest BCUT2D eigenvalue weighted by Crippen LogP contribution is -2.45. The van der Waals surface area contributed by atoms with Gasteiger partial charge in [0.15, 0.2) is 5.69 Å². The van der Waals surface area contributed by atoms with E-state index in [-0.39, 0.29) is 23.6 Å². The lowest BCUT2D eigenvalue weighted by Gasteiger charge is -2.31. The van der Waals surface area contributed by atoms with Crippen LogP contribution in [0, 0.1) is 0 Å². The number of benzene rings is 2. The second-order valence-electron chi connectivity index (χ2n) is 7.11. The molecule has 2 amide bonds. The van der Waals surface area contributed by atoms with Crippen LogP contribution in [0.15, 0.2) is 60.0 Å². The zero-order valence-electron chi connectivity index (χ0n) is 16.5. The highest BCUT2D eigenvalue weighted by Gasteiger charge is 2.42. The molecule has 0 radical (unpaired) electrons. The quantitative estimate of drug-likeness (QED) is 0.603. The second kappa shape index (κ2) is 9.04. The van der Waals surface area contributed by atoms with Gasteiger partial charge in [-0.3, -0.25) is 9.59 Å². The van der Waals surface area contributed by atoms with Crippen LogP contribution in [-0.2, 0) is 11.3 Å². The Labute approximate surface area is 178 Å². The first-order valence-electron chi connectivity index (χ1n) is 9.72. The Morgan fingerprint density at radius 1 is 1.17 bits per heavy atom. The number of ether oxygens (including phenoxy) is 1. The minimum atomic E-state index is -0.730. The van der Waals surface area contributed by atoms with E-state index in [1.165, 1.54) is 0 Å². The van der Waals surface area contributed by atoms with Gasteiger partial charge in [0, 0.05) is 18.0 Å². The van der Waals surface area contributed by atoms with Gasteiger partial charge in [-0.2, -0.15) is 0 Å². The Balaban J connectivity index is 1.58. The molecular formula is C22H22N4O3S. The van der Waals surface area contributed by atoms with Crippen LogP contribution in [0.2, 0.25) is 0 Å². The van der Waals surface area contributed by atoms with E-state index in [0.717, 1.165) is 41.3 Å². The number of carbonyl (C=O) groups is 2. The van der Waals surface area contributed by atoms with Crippen molar-refractivity contribution < 1.29 is 14.3 Å². The predicted molar refractivity (Wildman–Crippen MR) is 113 cm³/mol. The van der Waals surface area contributed by atoms with E-state index in [2.05, 4.69) is 14.9 Å². The summed E-state index contributed by atoms with van der Waals surface area (Å²) < 4.78 is 8.98. The molecule has 1 atom stereocenters. The first-order chi connectivity index (χ1) is 14.7. The third-order valence-electron chi connectivity index (χ3n) is 5.02. The van der Waals surface area contributed by atoms with Gasteiger partial charge >= 0.3 is 0 Å². The summed E-state index contributed by atoms with van der Waals surface area (Å²) in [5.41, 5.74) is 1.99. The van der Waals surface area contributed by atoms with Crippen LogP contribution in [0.1, 0.15) is 40.5 Å². The molecule has 1 saturated carbocycles. The predicted octanol–water partition coefficient (Wildman–Crippen LogP) is 3.21. The summed E-state index contributed by atoms with van der Waals surface area (Å²) in [6.45, 7) is 0.358. The second-order valence-corrected chi connectivity index (χ2v) is 7.72. The molecule has 1 N–H and O–H groups in total. The highest BCUT2D eigenvalue weighted by molar-refractivity contribution is 7.03. The average molecular weight is 423 g/mol. The van der Waals surface area contributed by atoms with Gasteiger partial charge in [-0.15, -0.1) is 5.10 Å². The molecule has 8 heteroatoms. The molecule has 1 aliphatic carbocycles. The number of aromatic nitrogens is 2. The standard InChI is InChI=1S/C22H22N4O3S/c1-29-18-11-7-15(8-12-18)13-23-21(27)20(16-5-3-2-4-6-16)26(17-9-10-17)22(28)19-14-30-25-24-19/h2-8,11-12,14,17,20H,9-10,13H2,1H3,(H,23,27)/t20-/m0/s1. The van der Waals surface area contributed by atoms with E-state index in [1.807, 2.05) is 54.6 Å². The average Bonchev–Trinajstić information content (AvgIpc) is 3.47. The van der Waals surface area contributed by atoms with Gasteiger partial charge in [-0.05, 0) is 47.6 Å². The molecule has 1 heterocycles. The van der Waals surface area contributed by atoms with Crippen molar-refractivity contribution in [2.75, 3.05) is 7.11 Å². The van der Waals surface area contributed by atoms with Crippen LogP contribution in [0.3, 0.4) is 0 Å². The summed E-state index contributed by atoms with van der Waals surface area (Å²) in [6.07, 6.45) is 1.75. The molecule has 2 aromatic carbocycles. The molecule has 0 spiro atoms. The molecule has 154 valence electrons. The minimum Gasteiger partial charge on any atom is -0.497 e. The molecule has 0 bridgehead atoms. The van der Waals surface area contributed by atoms with E-state index in [1.54, 1.807) is 17.4 Å². The Hall–Kier alpha value is -3.26. The smallest absolute Gasteiger partial charge is 0.276 e. The van der Waals surface area contributed by atoms with E-state index >= 15 is 0 Å². The van der Waals surface area contributed by atoms with Crippen molar-refractivity contribution in [3.05, 3.63) is 76.8 Å². The number of carbonyl (C=O) groups excluding carboxylic acids is 2. The molecule has 7 nitrogen and oxygen atoms in total. The summed E-state index contributed by atoms with van der Waals surface area (Å²) in [5, 5.41) is 8.54. The van der Waals surface area contributed by atoms with E-state index in [9.17, 15) is 9.59 Å². The number of nitrogens with zero attached hydrogens (tertiary/aromatic N) is 3. The number of rotatable bonds is 8. The number of amides is 2. The molecule has 3 aromatic rings. The fraction of sp³-hybridized carbons (Fsp3) is 0.273. The van der Waals surface area contributed by atoms with Crippen molar-refractivity contribution in [1.29, 1.82) is 0 Å². The minimum absolute atomic E-state index is 0.0242. The van der Waals surface area contributed by atoms with Crippen LogP contribution in [-0.4, -0.2) is 39.5 Å². The molecule has 4 rings (SSSR count). The van der Waals surface area contributed by atoms with Crippen molar-refractivity contribution in [3.63, 3.8) is 0 Å². The van der Waals surface area contributed by atoms with Gasteiger partial charge in [0.05, 0.1) is 7.11 Å². The number of hydrogen-bond acceptors (Lipinski definition) is 6.